The van der Waals surface area contributed by atoms with Crippen molar-refractivity contribution in [2.75, 3.05) is 6.61 Å². The number of rotatable bonds is 13. The van der Waals surface area contributed by atoms with Crippen molar-refractivity contribution in [2.24, 2.45) is 50.2 Å². The van der Waals surface area contributed by atoms with Crippen LogP contribution in [0.15, 0.2) is 72.6 Å². The van der Waals surface area contributed by atoms with Crippen LogP contribution in [0.1, 0.15) is 149 Å². The van der Waals surface area contributed by atoms with Crippen LogP contribution in [0.3, 0.4) is 0 Å². The third-order valence-corrected chi connectivity index (χ3v) is 18.3. The number of hydrogen-bond donors (Lipinski definition) is 1. The molecule has 14 heteroatoms. The summed E-state index contributed by atoms with van der Waals surface area (Å²) >= 11 is 0. The minimum atomic E-state index is -0.635. The molecule has 14 nitrogen and oxygen atoms in total. The van der Waals surface area contributed by atoms with E-state index in [0.717, 1.165) is 57.8 Å². The van der Waals surface area contributed by atoms with Gasteiger partial charge >= 0.3 is 5.97 Å². The van der Waals surface area contributed by atoms with Crippen molar-refractivity contribution < 1.29 is 29.0 Å². The third kappa shape index (κ3) is 8.11. The molecule has 0 aliphatic heterocycles. The minimum Gasteiger partial charge on any atom is -0.459 e. The van der Waals surface area contributed by atoms with Gasteiger partial charge in [0.25, 0.3) is 0 Å². The summed E-state index contributed by atoms with van der Waals surface area (Å²) in [6.45, 7) is 15.0. The predicted octanol–water partition coefficient (Wildman–Crippen LogP) is 8.78. The number of hydrogen-bond acceptors (Lipinski definition) is 12. The second kappa shape index (κ2) is 17.6. The molecule has 5 aliphatic rings. The maximum atomic E-state index is 14.7. The standard InChI is InChI=1S/C54H64N8O6/c1-49(2)21-23-54(48(66)68-33-40-29-62(60-58-40)31-44(64)38-13-9-36(27-56)10-14-38)24-22-52(5)41(42(54)25-49)15-16-46-50(3)19-18-47(65)51(4,45(50)17-20-53(46,52)6)34-67-32-39-28-61(59-57-39)30-43(63)37-11-7-35(26-55)8-12-37/h7-15,28-29,42,45-47,65H,16-25,30-34H2,1-6H3/t42-,45+,46+,47-,50-,51-,52+,53+,54-/m0/s1. The Hall–Kier alpha value is -5.83. The fraction of sp³-hybridized carbons (Fsp3) is 0.574. The summed E-state index contributed by atoms with van der Waals surface area (Å²) in [7, 11) is 0. The lowest BCUT2D eigenvalue weighted by molar-refractivity contribution is -0.221. The number of fused-ring (bicyclic) bond motifs is 7. The van der Waals surface area contributed by atoms with Gasteiger partial charge in [0, 0.05) is 16.5 Å². The number of esters is 1. The zero-order chi connectivity index (χ0) is 48.3. The Labute approximate surface area is 399 Å². The van der Waals surface area contributed by atoms with Crippen LogP contribution < -0.4 is 0 Å². The van der Waals surface area contributed by atoms with Gasteiger partial charge in [-0.25, -0.2) is 9.36 Å². The van der Waals surface area contributed by atoms with Crippen LogP contribution in [0.25, 0.3) is 0 Å². The number of aromatic nitrogens is 6. The van der Waals surface area contributed by atoms with E-state index in [1.54, 1.807) is 60.9 Å². The Morgan fingerprint density at radius 3 is 1.90 bits per heavy atom. The maximum absolute atomic E-state index is 14.7. The van der Waals surface area contributed by atoms with Crippen LogP contribution in [0, 0.1) is 72.9 Å². The molecule has 4 aromatic rings. The van der Waals surface area contributed by atoms with Gasteiger partial charge in [-0.15, -0.1) is 10.2 Å². The molecule has 0 unspecified atom stereocenters. The molecule has 0 spiro atoms. The summed E-state index contributed by atoms with van der Waals surface area (Å²) in [6.07, 6.45) is 14.3. The first kappa shape index (κ1) is 47.2. The van der Waals surface area contributed by atoms with Crippen molar-refractivity contribution in [1.29, 1.82) is 10.5 Å². The molecule has 9 rings (SSSR count). The number of carbonyl (C=O) groups excluding carboxylic acids is 3. The Morgan fingerprint density at radius 1 is 0.735 bits per heavy atom. The van der Waals surface area contributed by atoms with Gasteiger partial charge in [-0.3, -0.25) is 14.4 Å². The molecule has 0 bridgehead atoms. The van der Waals surface area contributed by atoms with E-state index < -0.39 is 16.9 Å². The Kier molecular flexibility index (Phi) is 12.2. The third-order valence-electron chi connectivity index (χ3n) is 18.3. The van der Waals surface area contributed by atoms with Crippen LogP contribution in [0.5, 0.6) is 0 Å². The average molecular weight is 921 g/mol. The summed E-state index contributed by atoms with van der Waals surface area (Å²) in [5.74, 6) is 0.212. The fourth-order valence-electron chi connectivity index (χ4n) is 14.2. The van der Waals surface area contributed by atoms with Crippen molar-refractivity contribution in [2.45, 2.75) is 138 Å². The van der Waals surface area contributed by atoms with Crippen LogP contribution in [0.4, 0.5) is 0 Å². The van der Waals surface area contributed by atoms with E-state index in [0.29, 0.717) is 52.6 Å². The Bertz CT molecular complexity index is 2710. The molecule has 0 amide bonds. The lowest BCUT2D eigenvalue weighted by Crippen LogP contribution is -2.66. The number of nitrogens with zero attached hydrogens (tertiary/aromatic N) is 8. The van der Waals surface area contributed by atoms with E-state index >= 15 is 0 Å². The van der Waals surface area contributed by atoms with Gasteiger partial charge in [-0.2, -0.15) is 10.5 Å². The number of nitriles is 2. The summed E-state index contributed by atoms with van der Waals surface area (Å²) in [6, 6.07) is 17.2. The summed E-state index contributed by atoms with van der Waals surface area (Å²) in [5.41, 5.74) is 3.26. The van der Waals surface area contributed by atoms with Crippen LogP contribution in [-0.4, -0.2) is 65.3 Å². The highest BCUT2D eigenvalue weighted by Gasteiger charge is 2.70. The van der Waals surface area contributed by atoms with Gasteiger partial charge in [0.2, 0.25) is 0 Å². The lowest BCUT2D eigenvalue weighted by atomic mass is 9.33. The molecule has 4 saturated carbocycles. The first-order valence-corrected chi connectivity index (χ1v) is 24.3. The average Bonchev–Trinajstić information content (AvgIpc) is 3.98. The fourth-order valence-corrected chi connectivity index (χ4v) is 14.2. The van der Waals surface area contributed by atoms with Gasteiger partial charge in [-0.05, 0) is 128 Å². The van der Waals surface area contributed by atoms with Crippen molar-refractivity contribution in [3.63, 3.8) is 0 Å². The van der Waals surface area contributed by atoms with Crippen LogP contribution in [0.2, 0.25) is 0 Å². The molecule has 2 aromatic carbocycles. The van der Waals surface area contributed by atoms with Crippen molar-refractivity contribution in [3.8, 4) is 12.1 Å². The molecule has 0 radical (unpaired) electrons. The Balaban J connectivity index is 0.881. The zero-order valence-electron chi connectivity index (χ0n) is 40.3. The highest BCUT2D eigenvalue weighted by Crippen LogP contribution is 2.76. The van der Waals surface area contributed by atoms with Crippen LogP contribution in [-0.2, 0) is 40.6 Å². The molecule has 2 aromatic heterocycles. The van der Waals surface area contributed by atoms with Crippen LogP contribution >= 0.6 is 0 Å². The number of aliphatic hydroxyl groups excluding tert-OH is 1. The van der Waals surface area contributed by atoms with E-state index in [2.05, 4.69) is 80.4 Å². The van der Waals surface area contributed by atoms with Crippen molar-refractivity contribution >= 4 is 17.5 Å². The molecule has 0 saturated heterocycles. The molecule has 2 heterocycles. The van der Waals surface area contributed by atoms with Gasteiger partial charge in [0.15, 0.2) is 11.6 Å². The summed E-state index contributed by atoms with van der Waals surface area (Å²) in [5, 5.41) is 46.9. The molecule has 5 aliphatic carbocycles. The number of aliphatic hydroxyl groups is 1. The topological polar surface area (TPSA) is 199 Å². The monoisotopic (exact) mass is 920 g/mol. The molecule has 68 heavy (non-hydrogen) atoms. The number of carbonyl (C=O) groups is 3. The number of Topliss-reactive ketones (excluding diaryl/α,β-unsaturated/α-hetero) is 2. The highest BCUT2D eigenvalue weighted by atomic mass is 16.5. The predicted molar refractivity (Wildman–Crippen MR) is 250 cm³/mol. The number of ether oxygens (including phenoxy) is 2. The maximum Gasteiger partial charge on any atom is 0.313 e. The van der Waals surface area contributed by atoms with E-state index in [1.165, 1.54) is 14.9 Å². The number of allylic oxidation sites excluding steroid dienone is 2. The van der Waals surface area contributed by atoms with Crippen molar-refractivity contribution in [1.82, 2.24) is 30.0 Å². The van der Waals surface area contributed by atoms with Gasteiger partial charge < -0.3 is 14.6 Å². The summed E-state index contributed by atoms with van der Waals surface area (Å²) in [4.78, 5) is 40.5. The summed E-state index contributed by atoms with van der Waals surface area (Å²) < 4.78 is 15.6. The molecular formula is C54H64N8O6. The second-order valence-corrected chi connectivity index (χ2v) is 22.5. The number of benzene rings is 2. The van der Waals surface area contributed by atoms with E-state index in [1.807, 2.05) is 0 Å². The van der Waals surface area contributed by atoms with Gasteiger partial charge in [0.05, 0.1) is 60.4 Å². The normalized spacial score (nSPS) is 32.5. The minimum absolute atomic E-state index is 0.0197. The lowest BCUT2D eigenvalue weighted by Gasteiger charge is -2.71. The van der Waals surface area contributed by atoms with Gasteiger partial charge in [0.1, 0.15) is 31.1 Å². The van der Waals surface area contributed by atoms with E-state index in [9.17, 15) is 19.5 Å². The van der Waals surface area contributed by atoms with E-state index in [-0.39, 0.29) is 77.3 Å². The first-order valence-electron chi connectivity index (χ1n) is 24.3. The second-order valence-electron chi connectivity index (χ2n) is 22.5. The molecular weight excluding hydrogens is 857 g/mol. The van der Waals surface area contributed by atoms with E-state index in [4.69, 9.17) is 20.0 Å². The first-order chi connectivity index (χ1) is 32.4. The van der Waals surface area contributed by atoms with Crippen molar-refractivity contribution in [3.05, 3.63) is 106 Å². The molecule has 4 fully saturated rings. The Morgan fingerprint density at radius 2 is 1.31 bits per heavy atom. The number of ketones is 2. The van der Waals surface area contributed by atoms with Gasteiger partial charge in [-0.1, -0.05) is 87.9 Å². The quantitative estimate of drug-likeness (QED) is 0.0761. The smallest absolute Gasteiger partial charge is 0.313 e. The largest absolute Gasteiger partial charge is 0.459 e. The highest BCUT2D eigenvalue weighted by molar-refractivity contribution is 5.96. The SMILES string of the molecule is CC1(C)CC[C@]2(C(=O)OCc3cn(CC(=O)c4ccc(C#N)cc4)nn3)CC[C@]3(C)C(=CC[C@@H]4[C@@]5(C)CC[C@H](O)[C@@](C)(COCc6cn(CC(=O)c7ccc(C#N)cc7)nn6)[C@@H]5CC[C@]43C)[C@@H]2C1. The molecule has 1 N–H and O–H groups in total. The zero-order valence-corrected chi connectivity index (χ0v) is 40.3. The molecule has 9 atom stereocenters. The molecule has 356 valence electrons.